The Morgan fingerprint density at radius 1 is 1.05 bits per heavy atom. The van der Waals surface area contributed by atoms with Crippen LogP contribution in [0.1, 0.15) is 12.5 Å². The van der Waals surface area contributed by atoms with Gasteiger partial charge in [0.1, 0.15) is 4.90 Å². The van der Waals surface area contributed by atoms with Gasteiger partial charge < -0.3 is 5.32 Å². The van der Waals surface area contributed by atoms with Crippen LogP contribution in [0.4, 0.5) is 11.4 Å². The first-order chi connectivity index (χ1) is 10.0. The van der Waals surface area contributed by atoms with Gasteiger partial charge in [-0.3, -0.25) is 4.31 Å². The van der Waals surface area contributed by atoms with E-state index in [9.17, 15) is 8.42 Å². The fourth-order valence-corrected chi connectivity index (χ4v) is 3.52. The number of hydrogen-bond donors (Lipinski definition) is 1. The lowest BCUT2D eigenvalue weighted by Crippen LogP contribution is -2.27. The van der Waals surface area contributed by atoms with Crippen LogP contribution in [0.25, 0.3) is 0 Å². The number of para-hydroxylation sites is 1. The molecule has 0 fully saturated rings. The number of benzene rings is 2. The summed E-state index contributed by atoms with van der Waals surface area (Å²) in [6.07, 6.45) is 0.930. The lowest BCUT2D eigenvalue weighted by molar-refractivity contribution is 0.594. The molecule has 2 rings (SSSR count). The van der Waals surface area contributed by atoms with Gasteiger partial charge in [-0.15, -0.1) is 0 Å². The predicted molar refractivity (Wildman–Crippen MR) is 87.4 cm³/mol. The second kappa shape index (κ2) is 6.18. The molecule has 0 aromatic heterocycles. The minimum absolute atomic E-state index is 0.273. The van der Waals surface area contributed by atoms with Gasteiger partial charge in [0.15, 0.2) is 0 Å². The fourth-order valence-electron chi connectivity index (χ4n) is 2.13. The van der Waals surface area contributed by atoms with E-state index in [1.165, 1.54) is 9.87 Å². The molecular weight excluding hydrogens is 284 g/mol. The Morgan fingerprint density at radius 3 is 2.24 bits per heavy atom. The Morgan fingerprint density at radius 2 is 1.67 bits per heavy atom. The largest absolute Gasteiger partial charge is 0.387 e. The maximum absolute atomic E-state index is 12.8. The average Bonchev–Trinajstić information content (AvgIpc) is 2.54. The summed E-state index contributed by atoms with van der Waals surface area (Å²) in [5.41, 5.74) is 2.42. The Bertz CT molecular complexity index is 709. The lowest BCUT2D eigenvalue weighted by atomic mass is 10.1. The molecule has 0 aliphatic carbocycles. The maximum atomic E-state index is 12.8. The van der Waals surface area contributed by atoms with Gasteiger partial charge in [-0.25, -0.2) is 8.42 Å². The molecule has 4 nitrogen and oxygen atoms in total. The van der Waals surface area contributed by atoms with Crippen LogP contribution in [0.5, 0.6) is 0 Å². The number of nitrogens with zero attached hydrogens (tertiary/aromatic N) is 1. The normalized spacial score (nSPS) is 11.2. The molecule has 0 saturated carbocycles. The summed E-state index contributed by atoms with van der Waals surface area (Å²) in [6.45, 7) is 2.07. The highest BCUT2D eigenvalue weighted by atomic mass is 32.2. The third-order valence-electron chi connectivity index (χ3n) is 3.50. The van der Waals surface area contributed by atoms with Gasteiger partial charge >= 0.3 is 0 Å². The SMILES string of the molecule is CCc1ccc(N(C)S(=O)(=O)c2ccccc2NC)cc1. The maximum Gasteiger partial charge on any atom is 0.266 e. The Balaban J connectivity index is 2.42. The summed E-state index contributed by atoms with van der Waals surface area (Å²) < 4.78 is 26.8. The fraction of sp³-hybridized carbons (Fsp3) is 0.250. The van der Waals surface area contributed by atoms with Crippen molar-refractivity contribution in [1.29, 1.82) is 0 Å². The van der Waals surface area contributed by atoms with Gasteiger partial charge in [-0.05, 0) is 36.2 Å². The van der Waals surface area contributed by atoms with Crippen molar-refractivity contribution in [1.82, 2.24) is 0 Å². The number of sulfonamides is 1. The number of anilines is 2. The van der Waals surface area contributed by atoms with Gasteiger partial charge in [-0.1, -0.05) is 31.2 Å². The second-order valence-electron chi connectivity index (χ2n) is 4.74. The van der Waals surface area contributed by atoms with Crippen LogP contribution in [-0.4, -0.2) is 22.5 Å². The third-order valence-corrected chi connectivity index (χ3v) is 5.35. The van der Waals surface area contributed by atoms with E-state index in [1.807, 2.05) is 24.3 Å². The first-order valence-corrected chi connectivity index (χ1v) is 8.29. The highest BCUT2D eigenvalue weighted by Gasteiger charge is 2.23. The molecule has 2 aromatic carbocycles. The molecule has 2 aromatic rings. The Labute approximate surface area is 126 Å². The monoisotopic (exact) mass is 304 g/mol. The van der Waals surface area contributed by atoms with E-state index in [1.54, 1.807) is 38.4 Å². The van der Waals surface area contributed by atoms with Gasteiger partial charge in [0.2, 0.25) is 0 Å². The number of hydrogen-bond acceptors (Lipinski definition) is 3. The summed E-state index contributed by atoms with van der Waals surface area (Å²) in [4.78, 5) is 0.273. The molecule has 0 amide bonds. The highest BCUT2D eigenvalue weighted by Crippen LogP contribution is 2.27. The highest BCUT2D eigenvalue weighted by molar-refractivity contribution is 7.93. The van der Waals surface area contributed by atoms with E-state index in [2.05, 4.69) is 12.2 Å². The number of nitrogens with one attached hydrogen (secondary N) is 1. The average molecular weight is 304 g/mol. The Kier molecular flexibility index (Phi) is 4.53. The predicted octanol–water partition coefficient (Wildman–Crippen LogP) is 3.12. The molecule has 0 unspecified atom stereocenters. The molecular formula is C16H20N2O2S. The van der Waals surface area contributed by atoms with Crippen molar-refractivity contribution in [2.24, 2.45) is 0 Å². The zero-order valence-electron chi connectivity index (χ0n) is 12.5. The van der Waals surface area contributed by atoms with Crippen molar-refractivity contribution in [2.75, 3.05) is 23.7 Å². The molecule has 21 heavy (non-hydrogen) atoms. The second-order valence-corrected chi connectivity index (χ2v) is 6.68. The molecule has 0 bridgehead atoms. The van der Waals surface area contributed by atoms with E-state index >= 15 is 0 Å². The topological polar surface area (TPSA) is 49.4 Å². The van der Waals surface area contributed by atoms with Crippen molar-refractivity contribution in [3.8, 4) is 0 Å². The van der Waals surface area contributed by atoms with E-state index in [-0.39, 0.29) is 4.90 Å². The molecule has 0 aliphatic rings. The molecule has 5 heteroatoms. The molecule has 0 atom stereocenters. The zero-order chi connectivity index (χ0) is 15.5. The van der Waals surface area contributed by atoms with Crippen molar-refractivity contribution >= 4 is 21.4 Å². The van der Waals surface area contributed by atoms with Crippen LogP contribution < -0.4 is 9.62 Å². The van der Waals surface area contributed by atoms with Crippen LogP contribution in [-0.2, 0) is 16.4 Å². The van der Waals surface area contributed by atoms with E-state index in [0.29, 0.717) is 11.4 Å². The van der Waals surface area contributed by atoms with Crippen LogP contribution in [0.2, 0.25) is 0 Å². The van der Waals surface area contributed by atoms with E-state index in [0.717, 1.165) is 6.42 Å². The van der Waals surface area contributed by atoms with Crippen molar-refractivity contribution in [3.05, 3.63) is 54.1 Å². The van der Waals surface area contributed by atoms with Crippen LogP contribution in [0.15, 0.2) is 53.4 Å². The molecule has 0 aliphatic heterocycles. The van der Waals surface area contributed by atoms with E-state index in [4.69, 9.17) is 0 Å². The first kappa shape index (κ1) is 15.4. The van der Waals surface area contributed by atoms with Gasteiger partial charge in [0.25, 0.3) is 10.0 Å². The smallest absolute Gasteiger partial charge is 0.266 e. The van der Waals surface area contributed by atoms with Gasteiger partial charge in [-0.2, -0.15) is 0 Å². The molecule has 0 saturated heterocycles. The summed E-state index contributed by atoms with van der Waals surface area (Å²) in [5.74, 6) is 0. The molecule has 112 valence electrons. The molecule has 1 N–H and O–H groups in total. The van der Waals surface area contributed by atoms with Crippen molar-refractivity contribution in [3.63, 3.8) is 0 Å². The molecule has 0 heterocycles. The van der Waals surface area contributed by atoms with E-state index < -0.39 is 10.0 Å². The summed E-state index contributed by atoms with van der Waals surface area (Å²) in [6, 6.07) is 14.5. The number of rotatable bonds is 5. The molecule has 0 spiro atoms. The number of aryl methyl sites for hydroxylation is 1. The standard InChI is InChI=1S/C16H20N2O2S/c1-4-13-9-11-14(12-10-13)18(3)21(19,20)16-8-6-5-7-15(16)17-2/h5-12,17H,4H2,1-3H3. The third kappa shape index (κ3) is 3.03. The summed E-state index contributed by atoms with van der Waals surface area (Å²) in [5, 5.41) is 2.92. The quantitative estimate of drug-likeness (QED) is 0.923. The Hall–Kier alpha value is -2.01. The van der Waals surface area contributed by atoms with Gasteiger partial charge in [0, 0.05) is 14.1 Å². The first-order valence-electron chi connectivity index (χ1n) is 6.85. The minimum Gasteiger partial charge on any atom is -0.387 e. The summed E-state index contributed by atoms with van der Waals surface area (Å²) >= 11 is 0. The van der Waals surface area contributed by atoms with Gasteiger partial charge in [0.05, 0.1) is 11.4 Å². The van der Waals surface area contributed by atoms with Crippen LogP contribution >= 0.6 is 0 Å². The van der Waals surface area contributed by atoms with Crippen molar-refractivity contribution < 1.29 is 8.42 Å². The lowest BCUT2D eigenvalue weighted by Gasteiger charge is -2.21. The summed E-state index contributed by atoms with van der Waals surface area (Å²) in [7, 11) is -0.299. The zero-order valence-corrected chi connectivity index (χ0v) is 13.3. The minimum atomic E-state index is -3.58. The van der Waals surface area contributed by atoms with Crippen LogP contribution in [0.3, 0.4) is 0 Å². The molecule has 0 radical (unpaired) electrons. The van der Waals surface area contributed by atoms with Crippen LogP contribution in [0, 0.1) is 0 Å². The van der Waals surface area contributed by atoms with Crippen molar-refractivity contribution in [2.45, 2.75) is 18.2 Å².